The number of pyridine rings is 1. The minimum atomic E-state index is 0.406. The van der Waals surface area contributed by atoms with Gasteiger partial charge in [0.15, 0.2) is 0 Å². The van der Waals surface area contributed by atoms with Gasteiger partial charge in [0.2, 0.25) is 0 Å². The Morgan fingerprint density at radius 1 is 1.26 bits per heavy atom. The molecule has 0 amide bonds. The maximum absolute atomic E-state index is 4.43. The molecule has 2 nitrogen and oxygen atoms in total. The van der Waals surface area contributed by atoms with E-state index in [4.69, 9.17) is 0 Å². The molecule has 1 fully saturated rings. The van der Waals surface area contributed by atoms with Gasteiger partial charge in [-0.05, 0) is 36.6 Å². The van der Waals surface area contributed by atoms with Gasteiger partial charge in [-0.1, -0.05) is 30.7 Å². The molecule has 2 aromatic rings. The largest absolute Gasteiger partial charge is 0.312 e. The molecule has 100 valence electrons. The summed E-state index contributed by atoms with van der Waals surface area (Å²) in [5.41, 5.74) is 1.35. The number of rotatable bonds is 3. The van der Waals surface area contributed by atoms with Crippen LogP contribution in [0.4, 0.5) is 0 Å². The van der Waals surface area contributed by atoms with E-state index in [-0.39, 0.29) is 0 Å². The van der Waals surface area contributed by atoms with E-state index in [1.807, 2.05) is 12.4 Å². The zero-order chi connectivity index (χ0) is 13.1. The molecular formula is C16H20N2S. The fourth-order valence-electron chi connectivity index (χ4n) is 2.96. The lowest BCUT2D eigenvalue weighted by Crippen LogP contribution is -2.29. The van der Waals surface area contributed by atoms with Gasteiger partial charge in [-0.25, -0.2) is 0 Å². The van der Waals surface area contributed by atoms with Crippen molar-refractivity contribution in [1.82, 2.24) is 10.3 Å². The molecule has 3 rings (SSSR count). The molecule has 1 aromatic carbocycles. The van der Waals surface area contributed by atoms with E-state index >= 15 is 0 Å². The van der Waals surface area contributed by atoms with E-state index in [2.05, 4.69) is 53.4 Å². The zero-order valence-electron chi connectivity index (χ0n) is 11.3. The van der Waals surface area contributed by atoms with Gasteiger partial charge in [-0.2, -0.15) is 11.8 Å². The van der Waals surface area contributed by atoms with Crippen LogP contribution >= 0.6 is 11.8 Å². The van der Waals surface area contributed by atoms with Crippen molar-refractivity contribution in [2.45, 2.75) is 30.6 Å². The van der Waals surface area contributed by atoms with Crippen LogP contribution in [0.15, 0.2) is 36.7 Å². The lowest BCUT2D eigenvalue weighted by atomic mass is 9.96. The molecule has 0 spiro atoms. The van der Waals surface area contributed by atoms with E-state index in [9.17, 15) is 0 Å². The summed E-state index contributed by atoms with van der Waals surface area (Å²) >= 11 is 2.11. The Balaban J connectivity index is 2.00. The Bertz CT molecular complexity index is 544. The van der Waals surface area contributed by atoms with Crippen LogP contribution in [0.3, 0.4) is 0 Å². The summed E-state index contributed by atoms with van der Waals surface area (Å²) < 4.78 is 0. The maximum atomic E-state index is 4.43. The van der Waals surface area contributed by atoms with E-state index in [0.717, 1.165) is 0 Å². The first-order chi connectivity index (χ1) is 9.40. The Morgan fingerprint density at radius 2 is 2.16 bits per heavy atom. The zero-order valence-corrected chi connectivity index (χ0v) is 12.1. The van der Waals surface area contributed by atoms with Crippen LogP contribution in [-0.2, 0) is 0 Å². The predicted octanol–water partition coefficient (Wildman–Crippen LogP) is 3.78. The smallest absolute Gasteiger partial charge is 0.0459 e. The van der Waals surface area contributed by atoms with Gasteiger partial charge in [-0.15, -0.1) is 0 Å². The third-order valence-corrected chi connectivity index (χ3v) is 5.39. The summed E-state index contributed by atoms with van der Waals surface area (Å²) in [6, 6.07) is 8.96. The number of hydrogen-bond donors (Lipinski definition) is 1. The van der Waals surface area contributed by atoms with Crippen molar-refractivity contribution in [3.63, 3.8) is 0 Å². The highest BCUT2D eigenvalue weighted by molar-refractivity contribution is 8.00. The highest BCUT2D eigenvalue weighted by atomic mass is 32.2. The number of aromatic nitrogens is 1. The van der Waals surface area contributed by atoms with Crippen LogP contribution in [0.5, 0.6) is 0 Å². The van der Waals surface area contributed by atoms with Crippen LogP contribution < -0.4 is 5.32 Å². The van der Waals surface area contributed by atoms with E-state index in [0.29, 0.717) is 11.3 Å². The summed E-state index contributed by atoms with van der Waals surface area (Å²) in [7, 11) is 2.07. The van der Waals surface area contributed by atoms with Gasteiger partial charge in [0.1, 0.15) is 0 Å². The second-order valence-electron chi connectivity index (χ2n) is 5.12. The minimum Gasteiger partial charge on any atom is -0.312 e. The van der Waals surface area contributed by atoms with Gasteiger partial charge < -0.3 is 5.32 Å². The van der Waals surface area contributed by atoms with Crippen molar-refractivity contribution in [1.29, 1.82) is 0 Å². The molecule has 1 aliphatic rings. The van der Waals surface area contributed by atoms with Crippen molar-refractivity contribution < 1.29 is 0 Å². The van der Waals surface area contributed by atoms with Crippen molar-refractivity contribution in [2.24, 2.45) is 0 Å². The van der Waals surface area contributed by atoms with Gasteiger partial charge in [0, 0.05) is 29.1 Å². The van der Waals surface area contributed by atoms with Crippen LogP contribution in [0.25, 0.3) is 10.8 Å². The topological polar surface area (TPSA) is 24.9 Å². The number of nitrogens with zero attached hydrogens (tertiary/aromatic N) is 1. The van der Waals surface area contributed by atoms with Crippen LogP contribution in [0.2, 0.25) is 0 Å². The average Bonchev–Trinajstić information content (AvgIpc) is 2.49. The van der Waals surface area contributed by atoms with Crippen molar-refractivity contribution in [3.8, 4) is 0 Å². The molecule has 1 aliphatic heterocycles. The summed E-state index contributed by atoms with van der Waals surface area (Å²) in [4.78, 5) is 4.43. The fourth-order valence-corrected chi connectivity index (χ4v) is 4.44. The maximum Gasteiger partial charge on any atom is 0.0459 e. The van der Waals surface area contributed by atoms with Crippen molar-refractivity contribution in [3.05, 3.63) is 42.2 Å². The first-order valence-corrected chi connectivity index (χ1v) is 8.06. The van der Waals surface area contributed by atoms with Crippen LogP contribution in [0.1, 0.15) is 30.9 Å². The lowest BCUT2D eigenvalue weighted by molar-refractivity contribution is 0.518. The minimum absolute atomic E-state index is 0.406. The third-order valence-electron chi connectivity index (χ3n) is 3.93. The molecule has 0 bridgehead atoms. The highest BCUT2D eigenvalue weighted by Crippen LogP contribution is 2.36. The van der Waals surface area contributed by atoms with Crippen LogP contribution in [-0.4, -0.2) is 23.0 Å². The first-order valence-electron chi connectivity index (χ1n) is 7.01. The number of nitrogens with one attached hydrogen (secondary N) is 1. The molecule has 3 heteroatoms. The second-order valence-corrected chi connectivity index (χ2v) is 6.47. The summed E-state index contributed by atoms with van der Waals surface area (Å²) in [5, 5.41) is 6.77. The van der Waals surface area contributed by atoms with E-state index in [1.54, 1.807) is 0 Å². The Morgan fingerprint density at radius 3 is 2.95 bits per heavy atom. The van der Waals surface area contributed by atoms with Gasteiger partial charge in [0.05, 0.1) is 0 Å². The molecule has 1 aromatic heterocycles. The van der Waals surface area contributed by atoms with E-state index < -0.39 is 0 Å². The second kappa shape index (κ2) is 5.93. The molecule has 2 heterocycles. The molecule has 2 atom stereocenters. The first kappa shape index (κ1) is 12.9. The molecule has 19 heavy (non-hydrogen) atoms. The van der Waals surface area contributed by atoms with Gasteiger partial charge in [-0.3, -0.25) is 4.98 Å². The van der Waals surface area contributed by atoms with Crippen LogP contribution in [0, 0.1) is 0 Å². The quantitative estimate of drug-likeness (QED) is 0.920. The van der Waals surface area contributed by atoms with Crippen molar-refractivity contribution in [2.75, 3.05) is 12.8 Å². The number of benzene rings is 1. The molecule has 0 aliphatic carbocycles. The molecule has 1 N–H and O–H groups in total. The molecule has 1 saturated heterocycles. The Kier molecular flexibility index (Phi) is 4.04. The predicted molar refractivity (Wildman–Crippen MR) is 83.6 cm³/mol. The summed E-state index contributed by atoms with van der Waals surface area (Å²) in [5.74, 6) is 1.29. The monoisotopic (exact) mass is 272 g/mol. The molecule has 2 unspecified atom stereocenters. The summed E-state index contributed by atoms with van der Waals surface area (Å²) in [6.45, 7) is 0. The standard InChI is InChI=1S/C16H20N2S/c1-17-16(15-8-4-5-9-19-15)14-11-18-10-12-6-2-3-7-13(12)14/h2-3,6-7,10-11,15-17H,4-5,8-9H2,1H3. The third kappa shape index (κ3) is 2.63. The number of fused-ring (bicyclic) bond motifs is 1. The highest BCUT2D eigenvalue weighted by Gasteiger charge is 2.25. The molecule has 0 radical (unpaired) electrons. The normalized spacial score (nSPS) is 21.4. The van der Waals surface area contributed by atoms with Crippen molar-refractivity contribution >= 4 is 22.5 Å². The van der Waals surface area contributed by atoms with Gasteiger partial charge >= 0.3 is 0 Å². The Hall–Kier alpha value is -1.06. The fraction of sp³-hybridized carbons (Fsp3) is 0.438. The Labute approximate surface area is 119 Å². The van der Waals surface area contributed by atoms with Gasteiger partial charge in [0.25, 0.3) is 0 Å². The molecular weight excluding hydrogens is 252 g/mol. The SMILES string of the molecule is CNC(c1cncc2ccccc12)C1CCCCS1. The molecule has 0 saturated carbocycles. The number of thioether (sulfide) groups is 1. The summed E-state index contributed by atoms with van der Waals surface area (Å²) in [6.07, 6.45) is 8.02. The number of hydrogen-bond acceptors (Lipinski definition) is 3. The lowest BCUT2D eigenvalue weighted by Gasteiger charge is -2.30. The van der Waals surface area contributed by atoms with E-state index in [1.165, 1.54) is 41.4 Å². The average molecular weight is 272 g/mol.